The Bertz CT molecular complexity index is 770. The fourth-order valence-corrected chi connectivity index (χ4v) is 5.57. The minimum absolute atomic E-state index is 0.114. The summed E-state index contributed by atoms with van der Waals surface area (Å²) in [5.41, 5.74) is 1.17. The van der Waals surface area contributed by atoms with E-state index < -0.39 is 12.1 Å². The Morgan fingerprint density at radius 3 is 2.53 bits per heavy atom. The molecule has 176 valence electrons. The van der Waals surface area contributed by atoms with Crippen LogP contribution in [0.5, 0.6) is 0 Å². The average molecular weight is 461 g/mol. The molecule has 1 saturated carbocycles. The van der Waals surface area contributed by atoms with Crippen molar-refractivity contribution in [2.45, 2.75) is 63.6 Å². The topological polar surface area (TPSA) is 90.5 Å². The van der Waals surface area contributed by atoms with Crippen LogP contribution in [0.3, 0.4) is 0 Å². The summed E-state index contributed by atoms with van der Waals surface area (Å²) < 4.78 is 0. The quantitative estimate of drug-likeness (QED) is 0.524. The summed E-state index contributed by atoms with van der Waals surface area (Å²) in [6.45, 7) is 2.32. The molecule has 7 nitrogen and oxygen atoms in total. The monoisotopic (exact) mass is 460 g/mol. The van der Waals surface area contributed by atoms with E-state index in [4.69, 9.17) is 0 Å². The van der Waals surface area contributed by atoms with Gasteiger partial charge in [-0.2, -0.15) is 0 Å². The Balaban J connectivity index is 1.64. The molecular formula is C24H36N4O3S. The van der Waals surface area contributed by atoms with Gasteiger partial charge in [0.05, 0.1) is 11.9 Å². The minimum atomic E-state index is -0.572. The van der Waals surface area contributed by atoms with Crippen molar-refractivity contribution in [3.05, 3.63) is 35.9 Å². The summed E-state index contributed by atoms with van der Waals surface area (Å²) in [6.07, 6.45) is 5.93. The first-order chi connectivity index (χ1) is 15.5. The number of carbonyl (C=O) groups is 3. The van der Waals surface area contributed by atoms with Crippen molar-refractivity contribution in [3.8, 4) is 0 Å². The van der Waals surface area contributed by atoms with E-state index in [1.165, 1.54) is 12.0 Å². The molecule has 1 saturated heterocycles. The zero-order chi connectivity index (χ0) is 22.9. The fourth-order valence-electron chi connectivity index (χ4n) is 4.41. The third-order valence-electron chi connectivity index (χ3n) is 6.54. The van der Waals surface area contributed by atoms with Gasteiger partial charge < -0.3 is 20.9 Å². The fraction of sp³-hybridized carbons (Fsp3) is 0.625. The van der Waals surface area contributed by atoms with Crippen LogP contribution in [0.25, 0.3) is 0 Å². The lowest BCUT2D eigenvalue weighted by atomic mass is 9.83. The normalized spacial score (nSPS) is 21.1. The highest BCUT2D eigenvalue weighted by Crippen LogP contribution is 2.30. The smallest absolute Gasteiger partial charge is 0.246 e. The molecule has 2 fully saturated rings. The van der Waals surface area contributed by atoms with E-state index in [0.29, 0.717) is 18.2 Å². The molecule has 1 heterocycles. The van der Waals surface area contributed by atoms with Crippen molar-refractivity contribution in [1.29, 1.82) is 0 Å². The van der Waals surface area contributed by atoms with Gasteiger partial charge >= 0.3 is 0 Å². The molecule has 1 aliphatic heterocycles. The molecule has 3 N–H and O–H groups in total. The summed E-state index contributed by atoms with van der Waals surface area (Å²) in [5.74, 6) is 0.777. The Labute approximate surface area is 195 Å². The molecule has 8 heteroatoms. The number of nitrogens with zero attached hydrogens (tertiary/aromatic N) is 1. The molecule has 1 aromatic carbocycles. The maximum Gasteiger partial charge on any atom is 0.246 e. The van der Waals surface area contributed by atoms with Crippen molar-refractivity contribution in [2.75, 3.05) is 25.2 Å². The average Bonchev–Trinajstić information content (AvgIpc) is 3.33. The maximum absolute atomic E-state index is 13.6. The Kier molecular flexibility index (Phi) is 9.41. The molecule has 32 heavy (non-hydrogen) atoms. The molecule has 3 amide bonds. The van der Waals surface area contributed by atoms with E-state index in [-0.39, 0.29) is 29.7 Å². The van der Waals surface area contributed by atoms with Crippen LogP contribution >= 0.6 is 11.8 Å². The van der Waals surface area contributed by atoms with Gasteiger partial charge in [0.25, 0.3) is 0 Å². The van der Waals surface area contributed by atoms with Gasteiger partial charge in [0.1, 0.15) is 12.1 Å². The second-order valence-corrected chi connectivity index (χ2v) is 9.74. The predicted octanol–water partition coefficient (Wildman–Crippen LogP) is 1.92. The molecule has 1 aliphatic carbocycles. The zero-order valence-corrected chi connectivity index (χ0v) is 20.0. The second kappa shape index (κ2) is 12.3. The van der Waals surface area contributed by atoms with Crippen LogP contribution < -0.4 is 16.0 Å². The third kappa shape index (κ3) is 6.48. The van der Waals surface area contributed by atoms with Gasteiger partial charge in [-0.15, -0.1) is 11.8 Å². The summed E-state index contributed by atoms with van der Waals surface area (Å²) in [5, 5.41) is 8.95. The van der Waals surface area contributed by atoms with E-state index in [2.05, 4.69) is 16.0 Å². The summed E-state index contributed by atoms with van der Waals surface area (Å²) in [6, 6.07) is 8.58. The van der Waals surface area contributed by atoms with Gasteiger partial charge in [0, 0.05) is 12.3 Å². The number of hydrogen-bond donors (Lipinski definition) is 3. The third-order valence-corrected chi connectivity index (χ3v) is 7.55. The van der Waals surface area contributed by atoms with Crippen molar-refractivity contribution in [1.82, 2.24) is 20.9 Å². The van der Waals surface area contributed by atoms with Crippen molar-refractivity contribution < 1.29 is 14.4 Å². The molecule has 3 rings (SSSR count). The lowest BCUT2D eigenvalue weighted by Crippen LogP contribution is -2.58. The first-order valence-corrected chi connectivity index (χ1v) is 12.8. The standard InChI is InChI=1S/C24H36N4O3S/c1-17(25-2)22(29)27-21(19-11-7-4-8-12-19)24(31)28-16-32-15-20(28)23(30)26-14-13-18-9-5-3-6-10-18/h3,5-6,9-10,17,19-21,25H,4,7-8,11-16H2,1-2H3,(H,26,30)(H,27,29)/t17-,20-,21-/m0/s1. The zero-order valence-electron chi connectivity index (χ0n) is 19.1. The molecule has 1 aromatic rings. The van der Waals surface area contributed by atoms with E-state index in [9.17, 15) is 14.4 Å². The van der Waals surface area contributed by atoms with E-state index in [1.54, 1.807) is 30.6 Å². The minimum Gasteiger partial charge on any atom is -0.354 e. The van der Waals surface area contributed by atoms with E-state index >= 15 is 0 Å². The van der Waals surface area contributed by atoms with Crippen molar-refractivity contribution >= 4 is 29.5 Å². The maximum atomic E-state index is 13.6. The number of thioether (sulfide) groups is 1. The number of hydrogen-bond acceptors (Lipinski definition) is 5. The Morgan fingerprint density at radius 1 is 1.12 bits per heavy atom. The second-order valence-electron chi connectivity index (χ2n) is 8.75. The van der Waals surface area contributed by atoms with Gasteiger partial charge in [-0.05, 0) is 44.7 Å². The van der Waals surface area contributed by atoms with Gasteiger partial charge in [0.2, 0.25) is 17.7 Å². The van der Waals surface area contributed by atoms with Crippen LogP contribution in [-0.4, -0.2) is 66.0 Å². The Morgan fingerprint density at radius 2 is 1.84 bits per heavy atom. The summed E-state index contributed by atoms with van der Waals surface area (Å²) in [4.78, 5) is 40.8. The van der Waals surface area contributed by atoms with Crippen LogP contribution in [0.2, 0.25) is 0 Å². The number of nitrogens with one attached hydrogen (secondary N) is 3. The van der Waals surface area contributed by atoms with Crippen molar-refractivity contribution in [3.63, 3.8) is 0 Å². The van der Waals surface area contributed by atoms with Crippen LogP contribution in [0.1, 0.15) is 44.6 Å². The molecular weight excluding hydrogens is 424 g/mol. The summed E-state index contributed by atoms with van der Waals surface area (Å²) in [7, 11) is 1.73. The van der Waals surface area contributed by atoms with E-state index in [0.717, 1.165) is 32.1 Å². The number of likely N-dealkylation sites (N-methyl/N-ethyl adjacent to an activating group) is 1. The lowest BCUT2D eigenvalue weighted by molar-refractivity contribution is -0.142. The van der Waals surface area contributed by atoms with Crippen LogP contribution in [0.15, 0.2) is 30.3 Å². The largest absolute Gasteiger partial charge is 0.354 e. The molecule has 0 aromatic heterocycles. The van der Waals surface area contributed by atoms with Gasteiger partial charge in [-0.3, -0.25) is 14.4 Å². The molecule has 0 radical (unpaired) electrons. The van der Waals surface area contributed by atoms with Crippen LogP contribution in [0, 0.1) is 5.92 Å². The summed E-state index contributed by atoms with van der Waals surface area (Å²) >= 11 is 1.59. The highest BCUT2D eigenvalue weighted by atomic mass is 32.2. The molecule has 0 bridgehead atoms. The number of amides is 3. The molecule has 3 atom stereocenters. The van der Waals surface area contributed by atoms with Crippen LogP contribution in [0.4, 0.5) is 0 Å². The first kappa shape index (κ1) is 24.6. The molecule has 0 spiro atoms. The SMILES string of the molecule is CN[C@@H](C)C(=O)N[C@H](C(=O)N1CSC[C@H]1C(=O)NCCc1ccccc1)C1CCCCC1. The van der Waals surface area contributed by atoms with Gasteiger partial charge in [0.15, 0.2) is 0 Å². The van der Waals surface area contributed by atoms with E-state index in [1.807, 2.05) is 30.3 Å². The van der Waals surface area contributed by atoms with Gasteiger partial charge in [-0.1, -0.05) is 49.6 Å². The molecule has 2 aliphatic rings. The van der Waals surface area contributed by atoms with Crippen LogP contribution in [-0.2, 0) is 20.8 Å². The molecule has 0 unspecified atom stereocenters. The highest BCUT2D eigenvalue weighted by molar-refractivity contribution is 7.99. The van der Waals surface area contributed by atoms with Crippen molar-refractivity contribution in [2.24, 2.45) is 5.92 Å². The highest BCUT2D eigenvalue weighted by Gasteiger charge is 2.41. The number of carbonyl (C=O) groups excluding carboxylic acids is 3. The predicted molar refractivity (Wildman–Crippen MR) is 128 cm³/mol. The first-order valence-electron chi connectivity index (χ1n) is 11.7. The lowest BCUT2D eigenvalue weighted by Gasteiger charge is -2.34. The number of benzene rings is 1. The number of rotatable bonds is 9. The Hall–Kier alpha value is -2.06. The van der Waals surface area contributed by atoms with Gasteiger partial charge in [-0.25, -0.2) is 0 Å².